The van der Waals surface area contributed by atoms with Gasteiger partial charge in [0, 0.05) is 50.0 Å². The molecular weight excluding hydrogens is 610 g/mol. The minimum atomic E-state index is -0.753. The summed E-state index contributed by atoms with van der Waals surface area (Å²) in [5, 5.41) is 3.78. The van der Waals surface area contributed by atoms with E-state index >= 15 is 0 Å². The molecule has 3 aromatic rings. The summed E-state index contributed by atoms with van der Waals surface area (Å²) in [7, 11) is 0. The van der Waals surface area contributed by atoms with Gasteiger partial charge in [-0.3, -0.25) is 19.4 Å². The van der Waals surface area contributed by atoms with Crippen LogP contribution in [0.1, 0.15) is 35.7 Å². The normalized spacial score (nSPS) is 17.5. The van der Waals surface area contributed by atoms with Crippen LogP contribution in [-0.2, 0) is 20.9 Å². The fourth-order valence-electron chi connectivity index (χ4n) is 5.68. The number of carbonyl (C=O) groups is 3. The first-order valence-corrected chi connectivity index (χ1v) is 16.1. The van der Waals surface area contributed by atoms with Crippen molar-refractivity contribution in [1.29, 1.82) is 0 Å². The minimum absolute atomic E-state index is 0.0584. The summed E-state index contributed by atoms with van der Waals surface area (Å²) in [6.07, 6.45) is 0.730. The predicted octanol–water partition coefficient (Wildman–Crippen LogP) is 5.06. The molecule has 2 saturated heterocycles. The van der Waals surface area contributed by atoms with Gasteiger partial charge in [-0.05, 0) is 86.2 Å². The lowest BCUT2D eigenvalue weighted by Gasteiger charge is -2.35. The van der Waals surface area contributed by atoms with Crippen molar-refractivity contribution in [3.8, 4) is 0 Å². The van der Waals surface area contributed by atoms with Crippen molar-refractivity contribution in [1.82, 2.24) is 14.7 Å². The number of ether oxygens (including phenoxy) is 1. The average molecular weight is 648 g/mol. The van der Waals surface area contributed by atoms with E-state index in [4.69, 9.17) is 28.6 Å². The Balaban J connectivity index is 1.23. The van der Waals surface area contributed by atoms with Crippen molar-refractivity contribution in [3.63, 3.8) is 0 Å². The number of nitrogens with one attached hydrogen (secondary N) is 1. The van der Waals surface area contributed by atoms with Crippen molar-refractivity contribution in [3.05, 3.63) is 95.0 Å². The largest absolute Gasteiger partial charge is 0.462 e. The quantitative estimate of drug-likeness (QED) is 0.216. The summed E-state index contributed by atoms with van der Waals surface area (Å²) in [6.45, 7) is 8.32. The molecule has 9 nitrogen and oxygen atoms in total. The van der Waals surface area contributed by atoms with Crippen LogP contribution in [0.15, 0.2) is 78.9 Å². The maximum atomic E-state index is 13.8. The second-order valence-corrected chi connectivity index (χ2v) is 12.0. The number of anilines is 2. The topological polar surface area (TPSA) is 85.4 Å². The number of amides is 2. The first-order chi connectivity index (χ1) is 21.8. The molecule has 2 fully saturated rings. The van der Waals surface area contributed by atoms with Crippen molar-refractivity contribution in [2.45, 2.75) is 32.4 Å². The Morgan fingerprint density at radius 2 is 1.58 bits per heavy atom. The summed E-state index contributed by atoms with van der Waals surface area (Å²) in [4.78, 5) is 47.3. The molecule has 0 unspecified atom stereocenters. The average Bonchev–Trinajstić information content (AvgIpc) is 3.27. The molecule has 0 saturated carbocycles. The zero-order valence-corrected chi connectivity index (χ0v) is 26.9. The van der Waals surface area contributed by atoms with Gasteiger partial charge in [-0.2, -0.15) is 0 Å². The van der Waals surface area contributed by atoms with E-state index in [2.05, 4.69) is 39.4 Å². The van der Waals surface area contributed by atoms with Crippen molar-refractivity contribution >= 4 is 58.1 Å². The van der Waals surface area contributed by atoms with Crippen LogP contribution in [0.5, 0.6) is 0 Å². The molecule has 0 aromatic heterocycles. The molecule has 45 heavy (non-hydrogen) atoms. The Morgan fingerprint density at radius 3 is 2.24 bits per heavy atom. The molecule has 1 N–H and O–H groups in total. The minimum Gasteiger partial charge on any atom is -0.462 e. The molecule has 1 atom stereocenters. The molecule has 2 amide bonds. The monoisotopic (exact) mass is 647 g/mol. The van der Waals surface area contributed by atoms with Gasteiger partial charge in [0.25, 0.3) is 5.91 Å². The standard InChI is InChI=1S/C34H38ClN5O4S/c1-2-44-33(43)26-9-15-29(16-10-26)40-32(42)30(23-31(41)36-28-13-11-27(35)12-14-28)39(34(40)45)18-6-17-37-19-21-38(22-20-37)24-25-7-4-3-5-8-25/h3-5,7-16,30H,2,6,17-24H2,1H3,(H,36,41)/t30-/m1/s1. The number of rotatable bonds is 12. The summed E-state index contributed by atoms with van der Waals surface area (Å²) in [5.41, 5.74) is 2.85. The third-order valence-corrected chi connectivity index (χ3v) is 8.72. The maximum absolute atomic E-state index is 13.8. The summed E-state index contributed by atoms with van der Waals surface area (Å²) < 4.78 is 5.08. The Bertz CT molecular complexity index is 1480. The van der Waals surface area contributed by atoms with Crippen molar-refractivity contribution in [2.24, 2.45) is 0 Å². The highest BCUT2D eigenvalue weighted by molar-refractivity contribution is 7.80. The molecule has 236 valence electrons. The summed E-state index contributed by atoms with van der Waals surface area (Å²) in [6, 6.07) is 23.2. The van der Waals surface area contributed by atoms with Gasteiger partial charge in [0.15, 0.2) is 5.11 Å². The molecule has 0 bridgehead atoms. The Labute approximate surface area is 274 Å². The lowest BCUT2D eigenvalue weighted by Crippen LogP contribution is -2.47. The fourth-order valence-corrected chi connectivity index (χ4v) is 6.22. The van der Waals surface area contributed by atoms with E-state index in [0.717, 1.165) is 45.7 Å². The van der Waals surface area contributed by atoms with Crippen LogP contribution in [-0.4, -0.2) is 89.5 Å². The smallest absolute Gasteiger partial charge is 0.338 e. The molecule has 2 aliphatic rings. The van der Waals surface area contributed by atoms with E-state index < -0.39 is 12.0 Å². The number of hydrogen-bond donors (Lipinski definition) is 1. The molecular formula is C34H38ClN5O4S. The number of carbonyl (C=O) groups excluding carboxylic acids is 3. The second kappa shape index (κ2) is 15.4. The van der Waals surface area contributed by atoms with Gasteiger partial charge < -0.3 is 19.9 Å². The number of thiocarbonyl (C=S) groups is 1. The molecule has 0 aliphatic carbocycles. The molecule has 2 heterocycles. The number of benzene rings is 3. The molecule has 5 rings (SSSR count). The number of nitrogens with zero attached hydrogens (tertiary/aromatic N) is 4. The van der Waals surface area contributed by atoms with Crippen LogP contribution in [0.2, 0.25) is 5.02 Å². The van der Waals surface area contributed by atoms with Gasteiger partial charge in [-0.15, -0.1) is 0 Å². The van der Waals surface area contributed by atoms with Crippen LogP contribution >= 0.6 is 23.8 Å². The molecule has 2 aliphatic heterocycles. The highest BCUT2D eigenvalue weighted by Crippen LogP contribution is 2.28. The maximum Gasteiger partial charge on any atom is 0.338 e. The first-order valence-electron chi connectivity index (χ1n) is 15.3. The van der Waals surface area contributed by atoms with Gasteiger partial charge in [0.2, 0.25) is 5.91 Å². The molecule has 0 radical (unpaired) electrons. The van der Waals surface area contributed by atoms with E-state index in [9.17, 15) is 14.4 Å². The van der Waals surface area contributed by atoms with Crippen molar-refractivity contribution in [2.75, 3.05) is 56.1 Å². The highest BCUT2D eigenvalue weighted by atomic mass is 35.5. The zero-order chi connectivity index (χ0) is 31.8. The zero-order valence-electron chi connectivity index (χ0n) is 25.4. The van der Waals surface area contributed by atoms with Crippen molar-refractivity contribution < 1.29 is 19.1 Å². The Morgan fingerprint density at radius 1 is 0.911 bits per heavy atom. The van der Waals surface area contributed by atoms with Gasteiger partial charge in [-0.1, -0.05) is 41.9 Å². The van der Waals surface area contributed by atoms with Crippen LogP contribution < -0.4 is 10.2 Å². The van der Waals surface area contributed by atoms with E-state index in [1.54, 1.807) is 55.5 Å². The lowest BCUT2D eigenvalue weighted by molar-refractivity contribution is -0.124. The SMILES string of the molecule is CCOC(=O)c1ccc(N2C(=O)[C@@H](CC(=O)Nc3ccc(Cl)cc3)N(CCCN3CCN(Cc4ccccc4)CC3)C2=S)cc1. The number of hydrogen-bond acceptors (Lipinski definition) is 7. The van der Waals surface area contributed by atoms with E-state index in [1.165, 1.54) is 10.5 Å². The third-order valence-electron chi connectivity index (χ3n) is 8.05. The summed E-state index contributed by atoms with van der Waals surface area (Å²) in [5.74, 6) is -0.999. The van der Waals surface area contributed by atoms with Crippen LogP contribution in [0.3, 0.4) is 0 Å². The van der Waals surface area contributed by atoms with Gasteiger partial charge in [0.05, 0.1) is 24.3 Å². The van der Waals surface area contributed by atoms with Gasteiger partial charge in [-0.25, -0.2) is 4.79 Å². The van der Waals surface area contributed by atoms with E-state index in [1.807, 2.05) is 11.0 Å². The first kappa shape index (κ1) is 32.6. The van der Waals surface area contributed by atoms with E-state index in [0.29, 0.717) is 33.6 Å². The van der Waals surface area contributed by atoms with Crippen LogP contribution in [0.4, 0.5) is 11.4 Å². The van der Waals surface area contributed by atoms with Gasteiger partial charge >= 0.3 is 5.97 Å². The van der Waals surface area contributed by atoms with Crippen LogP contribution in [0.25, 0.3) is 0 Å². The van der Waals surface area contributed by atoms with Gasteiger partial charge in [0.1, 0.15) is 6.04 Å². The fraction of sp³-hybridized carbons (Fsp3) is 0.353. The number of piperazine rings is 1. The lowest BCUT2D eigenvalue weighted by atomic mass is 10.1. The van der Waals surface area contributed by atoms with Crippen LogP contribution in [0, 0.1) is 0 Å². The molecule has 3 aromatic carbocycles. The Kier molecular flexibility index (Phi) is 11.2. The summed E-state index contributed by atoms with van der Waals surface area (Å²) >= 11 is 11.8. The predicted molar refractivity (Wildman–Crippen MR) is 180 cm³/mol. The van der Waals surface area contributed by atoms with E-state index in [-0.39, 0.29) is 24.8 Å². The highest BCUT2D eigenvalue weighted by Gasteiger charge is 2.44. The third kappa shape index (κ3) is 8.46. The Hall–Kier alpha value is -3.83. The number of halogens is 1. The molecule has 0 spiro atoms. The second-order valence-electron chi connectivity index (χ2n) is 11.1. The molecule has 11 heteroatoms. The number of esters is 1.